The summed E-state index contributed by atoms with van der Waals surface area (Å²) in [7, 11) is 0. The van der Waals surface area contributed by atoms with Gasteiger partial charge in [-0.05, 0) is 31.9 Å². The van der Waals surface area contributed by atoms with Gasteiger partial charge in [0.25, 0.3) is 5.91 Å². The standard InChI is InChI=1S/C19H22N4O2/c1-13(2)23-17(24)19(21-18(23)25)8-10-22(12-19)11-15-6-3-5-14-7-4-9-20-16(14)15/h3-7,9,13H,8,10-12H2,1-2H3,(H,21,25)/t19-/m0/s1. The number of likely N-dealkylation sites (tertiary alicyclic amines) is 1. The first-order valence-electron chi connectivity index (χ1n) is 8.71. The number of aromatic nitrogens is 1. The Kier molecular flexibility index (Phi) is 3.72. The second-order valence-electron chi connectivity index (χ2n) is 7.23. The van der Waals surface area contributed by atoms with Crippen LogP contribution in [0.3, 0.4) is 0 Å². The fourth-order valence-corrected chi connectivity index (χ4v) is 3.95. The van der Waals surface area contributed by atoms with Crippen molar-refractivity contribution in [3.05, 3.63) is 42.1 Å². The molecule has 1 spiro atoms. The average molecular weight is 338 g/mol. The third-order valence-corrected chi connectivity index (χ3v) is 5.17. The van der Waals surface area contributed by atoms with Gasteiger partial charge in [0, 0.05) is 37.3 Å². The lowest BCUT2D eigenvalue weighted by Gasteiger charge is -2.23. The van der Waals surface area contributed by atoms with Gasteiger partial charge in [0.05, 0.1) is 5.52 Å². The second kappa shape index (κ2) is 5.81. The van der Waals surface area contributed by atoms with Crippen LogP contribution in [0.15, 0.2) is 36.5 Å². The van der Waals surface area contributed by atoms with Gasteiger partial charge in [-0.2, -0.15) is 0 Å². The van der Waals surface area contributed by atoms with Gasteiger partial charge in [-0.25, -0.2) is 4.79 Å². The van der Waals surface area contributed by atoms with Gasteiger partial charge in [0.15, 0.2) is 0 Å². The molecule has 6 nitrogen and oxygen atoms in total. The van der Waals surface area contributed by atoms with Crippen LogP contribution in [0.5, 0.6) is 0 Å². The number of carbonyl (C=O) groups is 2. The van der Waals surface area contributed by atoms with Crippen LogP contribution < -0.4 is 5.32 Å². The zero-order valence-corrected chi connectivity index (χ0v) is 14.5. The number of nitrogens with zero attached hydrogens (tertiary/aromatic N) is 3. The second-order valence-corrected chi connectivity index (χ2v) is 7.23. The number of fused-ring (bicyclic) bond motifs is 1. The highest BCUT2D eigenvalue weighted by molar-refractivity contribution is 6.07. The molecule has 2 aromatic rings. The Bertz CT molecular complexity index is 845. The van der Waals surface area contributed by atoms with Crippen molar-refractivity contribution < 1.29 is 9.59 Å². The molecule has 2 fully saturated rings. The molecule has 2 aliphatic rings. The fourth-order valence-electron chi connectivity index (χ4n) is 3.95. The highest BCUT2D eigenvalue weighted by Gasteiger charge is 2.55. The Morgan fingerprint density at radius 1 is 1.24 bits per heavy atom. The van der Waals surface area contributed by atoms with Crippen molar-refractivity contribution in [2.75, 3.05) is 13.1 Å². The SMILES string of the molecule is CC(C)N1C(=O)N[C@]2(CCN(Cc3cccc4cccnc34)C2)C1=O. The zero-order chi connectivity index (χ0) is 17.6. The van der Waals surface area contributed by atoms with E-state index in [-0.39, 0.29) is 18.0 Å². The molecule has 0 radical (unpaired) electrons. The number of imide groups is 1. The first-order valence-corrected chi connectivity index (χ1v) is 8.71. The van der Waals surface area contributed by atoms with E-state index in [2.05, 4.69) is 33.4 Å². The molecule has 130 valence electrons. The summed E-state index contributed by atoms with van der Waals surface area (Å²) in [4.78, 5) is 33.1. The lowest BCUT2D eigenvalue weighted by molar-refractivity contribution is -0.132. The molecule has 1 aromatic carbocycles. The molecule has 2 saturated heterocycles. The molecule has 1 aromatic heterocycles. The maximum atomic E-state index is 12.8. The minimum Gasteiger partial charge on any atom is -0.322 e. The number of pyridine rings is 1. The zero-order valence-electron chi connectivity index (χ0n) is 14.5. The third kappa shape index (κ3) is 2.57. The molecule has 25 heavy (non-hydrogen) atoms. The molecule has 0 unspecified atom stereocenters. The van der Waals surface area contributed by atoms with Crippen molar-refractivity contribution in [3.8, 4) is 0 Å². The van der Waals surface area contributed by atoms with E-state index < -0.39 is 5.54 Å². The van der Waals surface area contributed by atoms with Gasteiger partial charge in [0.2, 0.25) is 0 Å². The first kappa shape index (κ1) is 16.0. The van der Waals surface area contributed by atoms with Crippen molar-refractivity contribution in [1.82, 2.24) is 20.1 Å². The number of urea groups is 1. The predicted octanol–water partition coefficient (Wildman–Crippen LogP) is 2.14. The van der Waals surface area contributed by atoms with E-state index >= 15 is 0 Å². The molecule has 6 heteroatoms. The Hall–Kier alpha value is -2.47. The van der Waals surface area contributed by atoms with Crippen molar-refractivity contribution in [3.63, 3.8) is 0 Å². The number of hydrogen-bond donors (Lipinski definition) is 1. The number of nitrogens with one attached hydrogen (secondary N) is 1. The van der Waals surface area contributed by atoms with Crippen LogP contribution in [0.4, 0.5) is 4.79 Å². The van der Waals surface area contributed by atoms with E-state index in [4.69, 9.17) is 0 Å². The summed E-state index contributed by atoms with van der Waals surface area (Å²) in [6, 6.07) is 9.77. The molecule has 1 N–H and O–H groups in total. The Morgan fingerprint density at radius 3 is 2.80 bits per heavy atom. The van der Waals surface area contributed by atoms with Crippen molar-refractivity contribution >= 4 is 22.8 Å². The van der Waals surface area contributed by atoms with Gasteiger partial charge < -0.3 is 5.32 Å². The van der Waals surface area contributed by atoms with Gasteiger partial charge >= 0.3 is 6.03 Å². The normalized spacial score (nSPS) is 24.0. The fraction of sp³-hybridized carbons (Fsp3) is 0.421. The van der Waals surface area contributed by atoms with Crippen LogP contribution in [0.2, 0.25) is 0 Å². The number of carbonyl (C=O) groups excluding carboxylic acids is 2. The summed E-state index contributed by atoms with van der Waals surface area (Å²) in [5, 5.41) is 4.06. The molecule has 2 aliphatic heterocycles. The van der Waals surface area contributed by atoms with Crippen LogP contribution in [-0.4, -0.2) is 51.4 Å². The Balaban J connectivity index is 1.55. The number of para-hydroxylation sites is 1. The molecular weight excluding hydrogens is 316 g/mol. The number of benzene rings is 1. The van der Waals surface area contributed by atoms with E-state index in [1.54, 1.807) is 6.20 Å². The van der Waals surface area contributed by atoms with Gasteiger partial charge in [0.1, 0.15) is 5.54 Å². The lowest BCUT2D eigenvalue weighted by atomic mass is 9.98. The molecule has 3 amide bonds. The molecule has 1 atom stereocenters. The number of rotatable bonds is 3. The summed E-state index contributed by atoms with van der Waals surface area (Å²) in [5.41, 5.74) is 1.38. The highest BCUT2D eigenvalue weighted by atomic mass is 16.2. The quantitative estimate of drug-likeness (QED) is 0.871. The van der Waals surface area contributed by atoms with Crippen molar-refractivity contribution in [2.24, 2.45) is 0 Å². The molecule has 3 heterocycles. The van der Waals surface area contributed by atoms with E-state index in [9.17, 15) is 9.59 Å². The minimum atomic E-state index is -0.765. The molecule has 0 bridgehead atoms. The smallest absolute Gasteiger partial charge is 0.322 e. The maximum absolute atomic E-state index is 12.8. The van der Waals surface area contributed by atoms with E-state index in [1.165, 1.54) is 4.90 Å². The highest BCUT2D eigenvalue weighted by Crippen LogP contribution is 2.31. The number of amides is 3. The van der Waals surface area contributed by atoms with Gasteiger partial charge in [-0.15, -0.1) is 0 Å². The third-order valence-electron chi connectivity index (χ3n) is 5.17. The summed E-state index contributed by atoms with van der Waals surface area (Å²) >= 11 is 0. The number of hydrogen-bond acceptors (Lipinski definition) is 4. The molecular formula is C19H22N4O2. The summed E-state index contributed by atoms with van der Waals surface area (Å²) in [5.74, 6) is -0.0916. The lowest BCUT2D eigenvalue weighted by Crippen LogP contribution is -2.49. The van der Waals surface area contributed by atoms with Crippen LogP contribution in [-0.2, 0) is 11.3 Å². The molecule has 0 saturated carbocycles. The molecule has 0 aliphatic carbocycles. The van der Waals surface area contributed by atoms with E-state index in [0.29, 0.717) is 13.0 Å². The Morgan fingerprint density at radius 2 is 2.04 bits per heavy atom. The average Bonchev–Trinajstić information content (AvgIpc) is 3.09. The van der Waals surface area contributed by atoms with E-state index in [1.807, 2.05) is 26.0 Å². The topological polar surface area (TPSA) is 65.5 Å². The van der Waals surface area contributed by atoms with Crippen molar-refractivity contribution in [1.29, 1.82) is 0 Å². The van der Waals surface area contributed by atoms with Gasteiger partial charge in [-0.3, -0.25) is 19.6 Å². The van der Waals surface area contributed by atoms with Crippen LogP contribution in [0.1, 0.15) is 25.8 Å². The summed E-state index contributed by atoms with van der Waals surface area (Å²) < 4.78 is 0. The monoisotopic (exact) mass is 338 g/mol. The summed E-state index contributed by atoms with van der Waals surface area (Å²) in [6.07, 6.45) is 2.46. The van der Waals surface area contributed by atoms with Crippen LogP contribution >= 0.6 is 0 Å². The van der Waals surface area contributed by atoms with Gasteiger partial charge in [-0.1, -0.05) is 24.3 Å². The maximum Gasteiger partial charge on any atom is 0.325 e. The van der Waals surface area contributed by atoms with Crippen LogP contribution in [0, 0.1) is 0 Å². The minimum absolute atomic E-state index is 0.0916. The predicted molar refractivity (Wildman–Crippen MR) is 94.9 cm³/mol. The van der Waals surface area contributed by atoms with Crippen molar-refractivity contribution in [2.45, 2.75) is 38.4 Å². The summed E-state index contributed by atoms with van der Waals surface area (Å²) in [6.45, 7) is 5.78. The van der Waals surface area contributed by atoms with Crippen LogP contribution in [0.25, 0.3) is 10.9 Å². The first-order chi connectivity index (χ1) is 12.0. The Labute approximate surface area is 146 Å². The molecule has 4 rings (SSSR count). The largest absolute Gasteiger partial charge is 0.325 e. The van der Waals surface area contributed by atoms with E-state index in [0.717, 1.165) is 29.6 Å².